The zero-order chi connectivity index (χ0) is 12.8. The molecule has 0 amide bonds. The first kappa shape index (κ1) is 13.4. The van der Waals surface area contributed by atoms with Gasteiger partial charge < -0.3 is 4.74 Å². The summed E-state index contributed by atoms with van der Waals surface area (Å²) in [5, 5.41) is 0. The van der Waals surface area contributed by atoms with Gasteiger partial charge in [-0.15, -0.1) is 0 Å². The number of carbonyl (C=O) groups is 2. The molecule has 0 spiro atoms. The second-order valence-electron chi connectivity index (χ2n) is 3.76. The van der Waals surface area contributed by atoms with Crippen LogP contribution in [0.4, 0.5) is 4.39 Å². The third-order valence-electron chi connectivity index (χ3n) is 2.19. The quantitative estimate of drug-likeness (QED) is 0.449. The molecular weight excluding hydrogens is 223 g/mol. The lowest BCUT2D eigenvalue weighted by atomic mass is 10.0. The summed E-state index contributed by atoms with van der Waals surface area (Å²) >= 11 is 0. The Labute approximate surface area is 99.6 Å². The lowest BCUT2D eigenvalue weighted by molar-refractivity contribution is -0.147. The fraction of sp³-hybridized carbons (Fsp3) is 0.385. The number of carbonyl (C=O) groups excluding carboxylic acids is 2. The molecule has 0 fully saturated rings. The fourth-order valence-corrected chi connectivity index (χ4v) is 1.33. The van der Waals surface area contributed by atoms with Gasteiger partial charge in [-0.1, -0.05) is 30.7 Å². The number of benzene rings is 1. The van der Waals surface area contributed by atoms with Crippen LogP contribution in [0.1, 0.15) is 29.3 Å². The first-order valence-electron chi connectivity index (χ1n) is 5.48. The van der Waals surface area contributed by atoms with Crippen LogP contribution in [-0.2, 0) is 9.53 Å². The number of rotatable bonds is 5. The van der Waals surface area contributed by atoms with Crippen LogP contribution in [0.2, 0.25) is 0 Å². The van der Waals surface area contributed by atoms with Crippen molar-refractivity contribution in [2.75, 3.05) is 6.61 Å². The number of ketones is 1. The number of halogens is 1. The zero-order valence-electron chi connectivity index (χ0n) is 9.90. The monoisotopic (exact) mass is 238 g/mol. The predicted molar refractivity (Wildman–Crippen MR) is 61.7 cm³/mol. The molecule has 0 aliphatic carbocycles. The topological polar surface area (TPSA) is 43.4 Å². The number of Topliss-reactive ketones (excluding diaryl/α,β-unsaturated/α-hetero) is 1. The lowest BCUT2D eigenvalue weighted by Crippen LogP contribution is -2.28. The number of hydrogen-bond donors (Lipinski definition) is 0. The Morgan fingerprint density at radius 3 is 2.71 bits per heavy atom. The second-order valence-corrected chi connectivity index (χ2v) is 3.76. The van der Waals surface area contributed by atoms with E-state index in [2.05, 4.69) is 4.74 Å². The van der Waals surface area contributed by atoms with E-state index in [0.717, 1.165) is 5.56 Å². The van der Waals surface area contributed by atoms with Gasteiger partial charge in [-0.25, -0.2) is 9.18 Å². The molecule has 1 atom stereocenters. The van der Waals surface area contributed by atoms with Crippen LogP contribution in [0.3, 0.4) is 0 Å². The number of esters is 1. The Hall–Kier alpha value is -1.71. The minimum absolute atomic E-state index is 0.125. The van der Waals surface area contributed by atoms with E-state index >= 15 is 0 Å². The number of hydrogen-bond acceptors (Lipinski definition) is 3. The highest BCUT2D eigenvalue weighted by Crippen LogP contribution is 2.10. The summed E-state index contributed by atoms with van der Waals surface area (Å²) in [6.07, 6.45) is -1.64. The first-order valence-corrected chi connectivity index (χ1v) is 5.48. The Morgan fingerprint density at radius 1 is 1.41 bits per heavy atom. The maximum atomic E-state index is 13.5. The van der Waals surface area contributed by atoms with Gasteiger partial charge in [0, 0.05) is 5.56 Å². The van der Waals surface area contributed by atoms with Crippen LogP contribution >= 0.6 is 0 Å². The molecule has 0 heterocycles. The highest BCUT2D eigenvalue weighted by Gasteiger charge is 2.28. The molecule has 0 bridgehead atoms. The van der Waals surface area contributed by atoms with Crippen LogP contribution in [0.15, 0.2) is 24.3 Å². The molecule has 1 aromatic rings. The molecule has 0 aliphatic heterocycles. The highest BCUT2D eigenvalue weighted by molar-refractivity contribution is 6.11. The molecule has 0 radical (unpaired) electrons. The molecule has 92 valence electrons. The van der Waals surface area contributed by atoms with Gasteiger partial charge in [0.1, 0.15) is 0 Å². The zero-order valence-corrected chi connectivity index (χ0v) is 9.90. The molecule has 0 aliphatic rings. The Morgan fingerprint density at radius 2 is 2.12 bits per heavy atom. The molecule has 4 heteroatoms. The number of ether oxygens (including phenoxy) is 1. The van der Waals surface area contributed by atoms with Gasteiger partial charge in [-0.2, -0.15) is 0 Å². The normalized spacial score (nSPS) is 11.9. The van der Waals surface area contributed by atoms with E-state index in [1.165, 1.54) is 6.07 Å². The third-order valence-corrected chi connectivity index (χ3v) is 2.19. The first-order chi connectivity index (χ1) is 8.06. The van der Waals surface area contributed by atoms with Crippen LogP contribution in [-0.4, -0.2) is 24.5 Å². The number of aryl methyl sites for hydroxylation is 1. The van der Waals surface area contributed by atoms with E-state index in [0.29, 0.717) is 6.42 Å². The van der Waals surface area contributed by atoms with Gasteiger partial charge in [0.05, 0.1) is 6.61 Å². The van der Waals surface area contributed by atoms with Gasteiger partial charge in [0.25, 0.3) is 6.17 Å². The summed E-state index contributed by atoms with van der Waals surface area (Å²) in [6, 6.07) is 6.46. The lowest BCUT2D eigenvalue weighted by Gasteiger charge is -2.07. The molecular formula is C13H15FO3. The Kier molecular flexibility index (Phi) is 4.82. The predicted octanol–water partition coefficient (Wildman–Crippen LogP) is 2.47. The standard InChI is InChI=1S/C13H15FO3/c1-3-7-17-13(16)11(14)12(15)10-6-4-5-9(2)8-10/h4-6,8,11H,3,7H2,1-2H3. The van der Waals surface area contributed by atoms with Crippen LogP contribution < -0.4 is 0 Å². The maximum Gasteiger partial charge on any atom is 0.349 e. The summed E-state index contributed by atoms with van der Waals surface area (Å²) in [7, 11) is 0. The molecule has 3 nitrogen and oxygen atoms in total. The number of alkyl halides is 1. The van der Waals surface area contributed by atoms with Gasteiger partial charge in [-0.05, 0) is 19.4 Å². The SMILES string of the molecule is CCCOC(=O)C(F)C(=O)c1cccc(C)c1. The van der Waals surface area contributed by atoms with E-state index in [9.17, 15) is 14.0 Å². The molecule has 0 saturated heterocycles. The van der Waals surface area contributed by atoms with Crippen molar-refractivity contribution < 1.29 is 18.7 Å². The molecule has 1 rings (SSSR count). The van der Waals surface area contributed by atoms with E-state index in [1.54, 1.807) is 32.0 Å². The minimum Gasteiger partial charge on any atom is -0.463 e. The van der Waals surface area contributed by atoms with Crippen LogP contribution in [0.5, 0.6) is 0 Å². The summed E-state index contributed by atoms with van der Waals surface area (Å²) in [5.74, 6) is -1.96. The molecule has 1 aromatic carbocycles. The van der Waals surface area contributed by atoms with Gasteiger partial charge in [0.2, 0.25) is 5.78 Å². The van der Waals surface area contributed by atoms with Crippen molar-refractivity contribution >= 4 is 11.8 Å². The van der Waals surface area contributed by atoms with Crippen molar-refractivity contribution in [2.45, 2.75) is 26.4 Å². The third kappa shape index (κ3) is 3.66. The van der Waals surface area contributed by atoms with E-state index in [4.69, 9.17) is 0 Å². The summed E-state index contributed by atoms with van der Waals surface area (Å²) < 4.78 is 18.1. The molecule has 0 aromatic heterocycles. The molecule has 17 heavy (non-hydrogen) atoms. The summed E-state index contributed by atoms with van der Waals surface area (Å²) in [5.41, 5.74) is 1.02. The summed E-state index contributed by atoms with van der Waals surface area (Å²) in [6.45, 7) is 3.71. The molecule has 0 saturated carbocycles. The van der Waals surface area contributed by atoms with E-state index < -0.39 is 17.9 Å². The second kappa shape index (κ2) is 6.13. The smallest absolute Gasteiger partial charge is 0.349 e. The van der Waals surface area contributed by atoms with Gasteiger partial charge >= 0.3 is 5.97 Å². The highest BCUT2D eigenvalue weighted by atomic mass is 19.1. The van der Waals surface area contributed by atoms with Gasteiger partial charge in [-0.3, -0.25) is 4.79 Å². The average molecular weight is 238 g/mol. The van der Waals surface area contributed by atoms with E-state index in [-0.39, 0.29) is 12.2 Å². The van der Waals surface area contributed by atoms with Crippen molar-refractivity contribution in [2.24, 2.45) is 0 Å². The van der Waals surface area contributed by atoms with Crippen molar-refractivity contribution in [3.63, 3.8) is 0 Å². The minimum atomic E-state index is -2.23. The largest absolute Gasteiger partial charge is 0.463 e. The molecule has 1 unspecified atom stereocenters. The molecule has 0 N–H and O–H groups in total. The summed E-state index contributed by atoms with van der Waals surface area (Å²) in [4.78, 5) is 22.8. The Bertz CT molecular complexity index is 415. The van der Waals surface area contributed by atoms with Crippen LogP contribution in [0, 0.1) is 6.92 Å². The van der Waals surface area contributed by atoms with Gasteiger partial charge in [0.15, 0.2) is 0 Å². The maximum absolute atomic E-state index is 13.5. The van der Waals surface area contributed by atoms with E-state index in [1.807, 2.05) is 0 Å². The van der Waals surface area contributed by atoms with Crippen molar-refractivity contribution in [1.29, 1.82) is 0 Å². The van der Waals surface area contributed by atoms with Crippen molar-refractivity contribution in [3.8, 4) is 0 Å². The average Bonchev–Trinajstić information content (AvgIpc) is 2.34. The Balaban J connectivity index is 2.72. The fourth-order valence-electron chi connectivity index (χ4n) is 1.33. The van der Waals surface area contributed by atoms with Crippen LogP contribution in [0.25, 0.3) is 0 Å². The van der Waals surface area contributed by atoms with Crippen molar-refractivity contribution in [3.05, 3.63) is 35.4 Å². The van der Waals surface area contributed by atoms with Crippen molar-refractivity contribution in [1.82, 2.24) is 0 Å².